The quantitative estimate of drug-likeness (QED) is 0.706. The smallest absolute Gasteiger partial charge is 0.337 e. The van der Waals surface area contributed by atoms with E-state index in [0.29, 0.717) is 11.5 Å². The van der Waals surface area contributed by atoms with Gasteiger partial charge in [0, 0.05) is 6.20 Å². The minimum atomic E-state index is -1.10. The second-order valence-electron chi connectivity index (χ2n) is 5.12. The lowest BCUT2D eigenvalue weighted by Gasteiger charge is -2.00. The summed E-state index contributed by atoms with van der Waals surface area (Å²) in [6.07, 6.45) is 1.92. The molecule has 0 aliphatic heterocycles. The molecule has 23 heavy (non-hydrogen) atoms. The van der Waals surface area contributed by atoms with Crippen molar-refractivity contribution in [2.75, 3.05) is 0 Å². The highest BCUT2D eigenvalue weighted by Gasteiger charge is 2.10. The lowest BCUT2D eigenvalue weighted by molar-refractivity contribution is 0.0697. The van der Waals surface area contributed by atoms with Crippen molar-refractivity contribution in [1.82, 2.24) is 9.38 Å². The van der Waals surface area contributed by atoms with E-state index in [-0.39, 0.29) is 10.6 Å². The lowest BCUT2D eigenvalue weighted by atomic mass is 10.2. The Hall–Kier alpha value is -2.73. The highest BCUT2D eigenvalue weighted by Crippen LogP contribution is 2.26. The van der Waals surface area contributed by atoms with E-state index in [2.05, 4.69) is 15.2 Å². The van der Waals surface area contributed by atoms with Gasteiger partial charge in [-0.1, -0.05) is 17.7 Å². The first kappa shape index (κ1) is 15.2. The molecule has 0 aliphatic carbocycles. The summed E-state index contributed by atoms with van der Waals surface area (Å²) in [5, 5.41) is 17.6. The number of fused-ring (bicyclic) bond motifs is 1. The Labute approximate surface area is 137 Å². The number of hydrogen-bond donors (Lipinski definition) is 1. The zero-order valence-electron chi connectivity index (χ0n) is 12.5. The third-order valence-electron chi connectivity index (χ3n) is 3.35. The first-order valence-corrected chi connectivity index (χ1v) is 7.23. The Bertz CT molecular complexity index is 947. The van der Waals surface area contributed by atoms with Crippen LogP contribution >= 0.6 is 11.6 Å². The Balaban J connectivity index is 2.04. The standard InChI is InChI=1S/C16H13ClN4O2/c1-9-3-6-14-18-10(2)15(21(14)8-9)20-19-11-4-5-13(17)12(7-11)16(22)23/h3-8H,1-2H3,(H,22,23). The van der Waals surface area contributed by atoms with Gasteiger partial charge < -0.3 is 5.11 Å². The zero-order chi connectivity index (χ0) is 16.6. The highest BCUT2D eigenvalue weighted by atomic mass is 35.5. The Morgan fingerprint density at radius 2 is 2.00 bits per heavy atom. The first-order chi connectivity index (χ1) is 11.0. The van der Waals surface area contributed by atoms with Crippen LogP contribution in [-0.4, -0.2) is 20.5 Å². The van der Waals surface area contributed by atoms with Crippen LogP contribution in [0.25, 0.3) is 5.65 Å². The van der Waals surface area contributed by atoms with Crippen molar-refractivity contribution < 1.29 is 9.90 Å². The Morgan fingerprint density at radius 1 is 1.22 bits per heavy atom. The number of aromatic nitrogens is 2. The molecule has 0 fully saturated rings. The summed E-state index contributed by atoms with van der Waals surface area (Å²) in [6.45, 7) is 3.83. The summed E-state index contributed by atoms with van der Waals surface area (Å²) in [5.74, 6) is -0.496. The summed E-state index contributed by atoms with van der Waals surface area (Å²) in [6, 6.07) is 8.37. The minimum Gasteiger partial charge on any atom is -0.478 e. The lowest BCUT2D eigenvalue weighted by Crippen LogP contribution is -1.96. The Kier molecular flexibility index (Phi) is 3.83. The molecule has 1 N–H and O–H groups in total. The fourth-order valence-electron chi connectivity index (χ4n) is 2.22. The maximum Gasteiger partial charge on any atom is 0.337 e. The number of aryl methyl sites for hydroxylation is 2. The van der Waals surface area contributed by atoms with E-state index in [1.807, 2.05) is 36.6 Å². The second-order valence-corrected chi connectivity index (χ2v) is 5.53. The van der Waals surface area contributed by atoms with E-state index in [9.17, 15) is 4.79 Å². The molecule has 2 heterocycles. The van der Waals surface area contributed by atoms with Crippen molar-refractivity contribution in [2.24, 2.45) is 10.2 Å². The number of nitrogens with zero attached hydrogens (tertiary/aromatic N) is 4. The van der Waals surface area contributed by atoms with Crippen LogP contribution in [0.3, 0.4) is 0 Å². The summed E-state index contributed by atoms with van der Waals surface area (Å²) in [4.78, 5) is 15.5. The molecule has 0 amide bonds. The van der Waals surface area contributed by atoms with E-state index >= 15 is 0 Å². The van der Waals surface area contributed by atoms with E-state index in [1.54, 1.807) is 6.07 Å². The number of halogens is 1. The van der Waals surface area contributed by atoms with Crippen LogP contribution in [0.4, 0.5) is 11.5 Å². The average Bonchev–Trinajstić information content (AvgIpc) is 2.81. The van der Waals surface area contributed by atoms with E-state index in [0.717, 1.165) is 16.9 Å². The van der Waals surface area contributed by atoms with Gasteiger partial charge in [0.15, 0.2) is 5.82 Å². The van der Waals surface area contributed by atoms with Crippen LogP contribution in [-0.2, 0) is 0 Å². The molecular weight excluding hydrogens is 316 g/mol. The molecule has 0 bridgehead atoms. The molecule has 6 nitrogen and oxygen atoms in total. The number of benzene rings is 1. The predicted molar refractivity (Wildman–Crippen MR) is 87.3 cm³/mol. The maximum atomic E-state index is 11.1. The SMILES string of the molecule is Cc1ccc2nc(C)c(N=Nc3ccc(Cl)c(C(=O)O)c3)n2c1. The van der Waals surface area contributed by atoms with Crippen LogP contribution < -0.4 is 0 Å². The number of carboxylic acids is 1. The van der Waals surface area contributed by atoms with Crippen LogP contribution in [0, 0.1) is 13.8 Å². The topological polar surface area (TPSA) is 79.3 Å². The highest BCUT2D eigenvalue weighted by molar-refractivity contribution is 6.33. The van der Waals surface area contributed by atoms with Crippen molar-refractivity contribution in [3.8, 4) is 0 Å². The van der Waals surface area contributed by atoms with Crippen molar-refractivity contribution in [3.05, 3.63) is 58.4 Å². The van der Waals surface area contributed by atoms with Gasteiger partial charge in [0.1, 0.15) is 5.65 Å². The number of pyridine rings is 1. The molecule has 2 aromatic heterocycles. The Morgan fingerprint density at radius 3 is 2.74 bits per heavy atom. The molecule has 3 aromatic rings. The third-order valence-corrected chi connectivity index (χ3v) is 3.68. The van der Waals surface area contributed by atoms with Gasteiger partial charge in [0.05, 0.1) is 22.0 Å². The molecule has 1 aromatic carbocycles. The molecule has 0 saturated carbocycles. The van der Waals surface area contributed by atoms with E-state index in [1.165, 1.54) is 12.1 Å². The number of hydrogen-bond acceptors (Lipinski definition) is 4. The summed E-state index contributed by atoms with van der Waals surface area (Å²) >= 11 is 5.84. The summed E-state index contributed by atoms with van der Waals surface area (Å²) < 4.78 is 1.85. The van der Waals surface area contributed by atoms with Crippen molar-refractivity contribution in [3.63, 3.8) is 0 Å². The molecule has 7 heteroatoms. The van der Waals surface area contributed by atoms with E-state index in [4.69, 9.17) is 16.7 Å². The molecule has 3 rings (SSSR count). The van der Waals surface area contributed by atoms with Crippen LogP contribution in [0.15, 0.2) is 46.8 Å². The number of carbonyl (C=O) groups is 1. The predicted octanol–water partition coefficient (Wildman–Crippen LogP) is 4.72. The zero-order valence-corrected chi connectivity index (χ0v) is 13.2. The van der Waals surface area contributed by atoms with Crippen molar-refractivity contribution in [1.29, 1.82) is 0 Å². The average molecular weight is 329 g/mol. The van der Waals surface area contributed by atoms with Crippen LogP contribution in [0.2, 0.25) is 5.02 Å². The van der Waals surface area contributed by atoms with Crippen molar-refractivity contribution >= 4 is 34.7 Å². The van der Waals surface area contributed by atoms with Gasteiger partial charge in [0.2, 0.25) is 0 Å². The van der Waals surface area contributed by atoms with Gasteiger partial charge in [-0.25, -0.2) is 9.78 Å². The fraction of sp³-hybridized carbons (Fsp3) is 0.125. The van der Waals surface area contributed by atoms with E-state index < -0.39 is 5.97 Å². The maximum absolute atomic E-state index is 11.1. The van der Waals surface area contributed by atoms with Crippen LogP contribution in [0.1, 0.15) is 21.6 Å². The minimum absolute atomic E-state index is 0.00572. The number of rotatable bonds is 3. The van der Waals surface area contributed by atoms with Gasteiger partial charge >= 0.3 is 5.97 Å². The number of carboxylic acid groups (broad SMARTS) is 1. The van der Waals surface area contributed by atoms with Crippen LogP contribution in [0.5, 0.6) is 0 Å². The van der Waals surface area contributed by atoms with Crippen molar-refractivity contribution in [2.45, 2.75) is 13.8 Å². The van der Waals surface area contributed by atoms with Gasteiger partial charge in [0.25, 0.3) is 0 Å². The molecule has 0 spiro atoms. The third kappa shape index (κ3) is 2.93. The number of imidazole rings is 1. The summed E-state index contributed by atoms with van der Waals surface area (Å²) in [7, 11) is 0. The summed E-state index contributed by atoms with van der Waals surface area (Å²) in [5.41, 5.74) is 3.00. The molecule has 0 atom stereocenters. The normalized spacial score (nSPS) is 11.4. The number of aromatic carboxylic acids is 1. The molecule has 0 radical (unpaired) electrons. The second kappa shape index (κ2) is 5.81. The fourth-order valence-corrected chi connectivity index (χ4v) is 2.42. The number of azo groups is 1. The monoisotopic (exact) mass is 328 g/mol. The molecular formula is C16H13ClN4O2. The largest absolute Gasteiger partial charge is 0.478 e. The molecule has 116 valence electrons. The molecule has 0 saturated heterocycles. The molecule has 0 unspecified atom stereocenters. The molecule has 0 aliphatic rings. The van der Waals surface area contributed by atoms with Gasteiger partial charge in [-0.3, -0.25) is 4.40 Å². The van der Waals surface area contributed by atoms with Gasteiger partial charge in [-0.2, -0.15) is 0 Å². The first-order valence-electron chi connectivity index (χ1n) is 6.85. The van der Waals surface area contributed by atoms with Gasteiger partial charge in [-0.15, -0.1) is 10.2 Å². The van der Waals surface area contributed by atoms with Gasteiger partial charge in [-0.05, 0) is 43.7 Å².